The van der Waals surface area contributed by atoms with Crippen LogP contribution in [0.25, 0.3) is 0 Å². The molecule has 0 amide bonds. The van der Waals surface area contributed by atoms with Crippen LogP contribution < -0.4 is 5.32 Å². The summed E-state index contributed by atoms with van der Waals surface area (Å²) in [6, 6.07) is 9.14. The second-order valence-electron chi connectivity index (χ2n) is 5.00. The third-order valence-corrected chi connectivity index (χ3v) is 6.06. The van der Waals surface area contributed by atoms with Gasteiger partial charge in [0.05, 0.1) is 0 Å². The molecule has 1 N–H and O–H groups in total. The molecule has 2 rings (SSSR count). The molecule has 20 heavy (non-hydrogen) atoms. The SMILES string of the molecule is CCNC(Cc1ccc(C)c(C)c1)c1cc(Br)c(Cl)s1. The van der Waals surface area contributed by atoms with Crippen molar-refractivity contribution in [1.82, 2.24) is 5.32 Å². The molecule has 108 valence electrons. The number of nitrogens with one attached hydrogen (secondary N) is 1. The average Bonchev–Trinajstić information content (AvgIpc) is 2.73. The maximum Gasteiger partial charge on any atom is 0.107 e. The lowest BCUT2D eigenvalue weighted by molar-refractivity contribution is 0.558. The molecule has 0 fully saturated rings. The summed E-state index contributed by atoms with van der Waals surface area (Å²) in [6.07, 6.45) is 0.984. The van der Waals surface area contributed by atoms with Crippen LogP contribution in [-0.2, 0) is 6.42 Å². The average molecular weight is 373 g/mol. The van der Waals surface area contributed by atoms with Gasteiger partial charge in [-0.05, 0) is 65.5 Å². The lowest BCUT2D eigenvalue weighted by Crippen LogP contribution is -2.22. The second-order valence-corrected chi connectivity index (χ2v) is 7.54. The molecule has 0 aliphatic carbocycles. The van der Waals surface area contributed by atoms with Gasteiger partial charge in [0.1, 0.15) is 4.34 Å². The molecule has 0 aliphatic rings. The van der Waals surface area contributed by atoms with Crippen LogP contribution in [0.4, 0.5) is 0 Å². The van der Waals surface area contributed by atoms with Gasteiger partial charge >= 0.3 is 0 Å². The highest BCUT2D eigenvalue weighted by Gasteiger charge is 2.16. The molecule has 0 radical (unpaired) electrons. The molecule has 0 aliphatic heterocycles. The van der Waals surface area contributed by atoms with Gasteiger partial charge in [-0.3, -0.25) is 0 Å². The quantitative estimate of drug-likeness (QED) is 0.712. The first-order chi connectivity index (χ1) is 9.51. The minimum atomic E-state index is 0.316. The van der Waals surface area contributed by atoms with Crippen LogP contribution in [0.3, 0.4) is 0 Å². The van der Waals surface area contributed by atoms with E-state index in [1.807, 2.05) is 0 Å². The second kappa shape index (κ2) is 7.08. The molecule has 2 aromatic rings. The van der Waals surface area contributed by atoms with E-state index in [2.05, 4.69) is 66.3 Å². The maximum atomic E-state index is 6.17. The number of hydrogen-bond donors (Lipinski definition) is 1. The molecular weight excluding hydrogens is 354 g/mol. The highest BCUT2D eigenvalue weighted by atomic mass is 79.9. The number of thiophene rings is 1. The van der Waals surface area contributed by atoms with E-state index in [0.717, 1.165) is 21.8 Å². The van der Waals surface area contributed by atoms with Crippen LogP contribution in [0.2, 0.25) is 4.34 Å². The van der Waals surface area contributed by atoms with Crippen molar-refractivity contribution in [1.29, 1.82) is 0 Å². The Hall–Kier alpha value is -0.350. The molecule has 1 aromatic heterocycles. The van der Waals surface area contributed by atoms with Gasteiger partial charge in [0.2, 0.25) is 0 Å². The van der Waals surface area contributed by atoms with Crippen molar-refractivity contribution in [3.05, 3.63) is 54.6 Å². The van der Waals surface area contributed by atoms with Gasteiger partial charge in [-0.25, -0.2) is 0 Å². The Balaban J connectivity index is 2.22. The Kier molecular flexibility index (Phi) is 5.67. The van der Waals surface area contributed by atoms with Gasteiger partial charge in [-0.15, -0.1) is 11.3 Å². The van der Waals surface area contributed by atoms with Crippen molar-refractivity contribution in [2.45, 2.75) is 33.2 Å². The molecule has 1 heterocycles. The third-order valence-electron chi connectivity index (χ3n) is 3.47. The molecule has 4 heteroatoms. The molecule has 0 bridgehead atoms. The monoisotopic (exact) mass is 371 g/mol. The van der Waals surface area contributed by atoms with Crippen LogP contribution in [0.15, 0.2) is 28.7 Å². The summed E-state index contributed by atoms with van der Waals surface area (Å²) in [5, 5.41) is 3.55. The Morgan fingerprint density at radius 1 is 1.25 bits per heavy atom. The number of benzene rings is 1. The summed E-state index contributed by atoms with van der Waals surface area (Å²) in [7, 11) is 0. The van der Waals surface area contributed by atoms with Gasteiger partial charge in [-0.2, -0.15) is 0 Å². The fourth-order valence-electron chi connectivity index (χ4n) is 2.22. The zero-order valence-electron chi connectivity index (χ0n) is 12.0. The minimum absolute atomic E-state index is 0.316. The van der Waals surface area contributed by atoms with Crippen molar-refractivity contribution < 1.29 is 0 Å². The standard InChI is InChI=1S/C16H19BrClNS/c1-4-19-14(15-9-13(17)16(18)20-15)8-12-6-5-10(2)11(3)7-12/h5-7,9,14,19H,4,8H2,1-3H3. The first-order valence-electron chi connectivity index (χ1n) is 6.75. The number of aryl methyl sites for hydroxylation is 2. The first kappa shape index (κ1) is 16.0. The van der Waals surface area contributed by atoms with Crippen LogP contribution >= 0.6 is 38.9 Å². The van der Waals surface area contributed by atoms with E-state index in [1.165, 1.54) is 21.6 Å². The van der Waals surface area contributed by atoms with Gasteiger partial charge in [0.15, 0.2) is 0 Å². The van der Waals surface area contributed by atoms with Crippen LogP contribution in [-0.4, -0.2) is 6.54 Å². The predicted molar refractivity (Wildman–Crippen MR) is 93.1 cm³/mol. The van der Waals surface area contributed by atoms with Gasteiger partial charge in [0.25, 0.3) is 0 Å². The van der Waals surface area contributed by atoms with E-state index in [9.17, 15) is 0 Å². The van der Waals surface area contributed by atoms with E-state index in [-0.39, 0.29) is 0 Å². The zero-order valence-corrected chi connectivity index (χ0v) is 15.1. The Morgan fingerprint density at radius 3 is 2.55 bits per heavy atom. The van der Waals surface area contributed by atoms with E-state index >= 15 is 0 Å². The minimum Gasteiger partial charge on any atom is -0.309 e. The van der Waals surface area contributed by atoms with Crippen molar-refractivity contribution in [2.75, 3.05) is 6.54 Å². The predicted octanol–water partition coefficient (Wildman–Crippen LogP) is 5.67. The highest BCUT2D eigenvalue weighted by Crippen LogP contribution is 2.36. The summed E-state index contributed by atoms with van der Waals surface area (Å²) in [5.41, 5.74) is 4.05. The van der Waals surface area contributed by atoms with Crippen molar-refractivity contribution in [2.24, 2.45) is 0 Å². The van der Waals surface area contributed by atoms with Crippen LogP contribution in [0.1, 0.15) is 34.5 Å². The molecule has 1 aromatic carbocycles. The third kappa shape index (κ3) is 3.85. The summed E-state index contributed by atoms with van der Waals surface area (Å²) in [5.74, 6) is 0. The first-order valence-corrected chi connectivity index (χ1v) is 8.74. The van der Waals surface area contributed by atoms with Crippen molar-refractivity contribution >= 4 is 38.9 Å². The summed E-state index contributed by atoms with van der Waals surface area (Å²) < 4.78 is 1.81. The summed E-state index contributed by atoms with van der Waals surface area (Å²) in [6.45, 7) is 7.40. The smallest absolute Gasteiger partial charge is 0.107 e. The van der Waals surface area contributed by atoms with E-state index in [1.54, 1.807) is 11.3 Å². The lowest BCUT2D eigenvalue weighted by atomic mass is 10.00. The van der Waals surface area contributed by atoms with Crippen molar-refractivity contribution in [3.63, 3.8) is 0 Å². The molecular formula is C16H19BrClNS. The lowest BCUT2D eigenvalue weighted by Gasteiger charge is -2.17. The fraction of sp³-hybridized carbons (Fsp3) is 0.375. The summed E-state index contributed by atoms with van der Waals surface area (Å²) in [4.78, 5) is 1.28. The molecule has 0 saturated carbocycles. The molecule has 0 saturated heterocycles. The van der Waals surface area contributed by atoms with Gasteiger partial charge < -0.3 is 5.32 Å². The molecule has 1 unspecified atom stereocenters. The Morgan fingerprint density at radius 2 is 2.00 bits per heavy atom. The molecule has 1 atom stereocenters. The fourth-order valence-corrected chi connectivity index (χ4v) is 4.03. The Bertz CT molecular complexity index is 575. The summed E-state index contributed by atoms with van der Waals surface area (Å²) >= 11 is 11.3. The van der Waals surface area contributed by atoms with E-state index in [4.69, 9.17) is 11.6 Å². The zero-order chi connectivity index (χ0) is 14.7. The topological polar surface area (TPSA) is 12.0 Å². The Labute approximate surface area is 138 Å². The van der Waals surface area contributed by atoms with Crippen LogP contribution in [0.5, 0.6) is 0 Å². The number of likely N-dealkylation sites (N-methyl/N-ethyl adjacent to an activating group) is 1. The van der Waals surface area contributed by atoms with Gasteiger partial charge in [-0.1, -0.05) is 36.7 Å². The highest BCUT2D eigenvalue weighted by molar-refractivity contribution is 9.10. The van der Waals surface area contributed by atoms with Crippen molar-refractivity contribution in [3.8, 4) is 0 Å². The molecule has 1 nitrogen and oxygen atoms in total. The van der Waals surface area contributed by atoms with Crippen LogP contribution in [0, 0.1) is 13.8 Å². The number of halogens is 2. The number of hydrogen-bond acceptors (Lipinski definition) is 2. The number of rotatable bonds is 5. The van der Waals surface area contributed by atoms with E-state index < -0.39 is 0 Å². The van der Waals surface area contributed by atoms with Gasteiger partial charge in [0, 0.05) is 15.4 Å². The normalized spacial score (nSPS) is 12.7. The molecule has 0 spiro atoms. The maximum absolute atomic E-state index is 6.17. The largest absolute Gasteiger partial charge is 0.309 e. The van der Waals surface area contributed by atoms with E-state index in [0.29, 0.717) is 6.04 Å².